The summed E-state index contributed by atoms with van der Waals surface area (Å²) in [5.74, 6) is -1.92. The summed E-state index contributed by atoms with van der Waals surface area (Å²) >= 11 is 6.38. The Balaban J connectivity index is 1.85. The van der Waals surface area contributed by atoms with Crippen LogP contribution < -0.4 is 15.0 Å². The molecule has 0 aliphatic rings. The number of amides is 2. The van der Waals surface area contributed by atoms with Crippen LogP contribution in [0.15, 0.2) is 60.7 Å². The van der Waals surface area contributed by atoms with Crippen molar-refractivity contribution in [1.82, 2.24) is 0 Å². The van der Waals surface area contributed by atoms with Gasteiger partial charge < -0.3 is 24.8 Å². The molecule has 3 aromatic carbocycles. The number of para-hydroxylation sites is 1. The second-order valence-electron chi connectivity index (χ2n) is 7.44. The molecular formula is C26H25ClN2O6. The van der Waals surface area contributed by atoms with Gasteiger partial charge in [-0.3, -0.25) is 9.59 Å². The Morgan fingerprint density at radius 2 is 1.74 bits per heavy atom. The quantitative estimate of drug-likeness (QED) is 0.339. The first kappa shape index (κ1) is 25.6. The van der Waals surface area contributed by atoms with Crippen LogP contribution >= 0.6 is 11.6 Å². The molecule has 0 unspecified atom stereocenters. The van der Waals surface area contributed by atoms with Crippen LogP contribution in [0.1, 0.15) is 29.8 Å². The van der Waals surface area contributed by atoms with Gasteiger partial charge >= 0.3 is 11.9 Å². The number of rotatable bonds is 7. The molecule has 0 aliphatic carbocycles. The van der Waals surface area contributed by atoms with Crippen LogP contribution in [-0.4, -0.2) is 36.0 Å². The van der Waals surface area contributed by atoms with E-state index in [4.69, 9.17) is 16.3 Å². The molecule has 0 bridgehead atoms. The van der Waals surface area contributed by atoms with Gasteiger partial charge in [0.25, 0.3) is 5.91 Å². The summed E-state index contributed by atoms with van der Waals surface area (Å²) in [6, 6.07) is 16.5. The van der Waals surface area contributed by atoms with Crippen molar-refractivity contribution in [3.05, 3.63) is 76.8 Å². The van der Waals surface area contributed by atoms with Gasteiger partial charge in [0.05, 0.1) is 17.2 Å². The SMILES string of the molecule is CCOC(=O)C(=O)Nc1cc(C)c(Oc2ccc(O)c(C(=O)N(CC)c3ccccc3)c2)c(Cl)c1. The number of halogens is 1. The largest absolute Gasteiger partial charge is 0.507 e. The lowest BCUT2D eigenvalue weighted by Gasteiger charge is -2.22. The van der Waals surface area contributed by atoms with E-state index in [0.717, 1.165) is 0 Å². The first-order valence-corrected chi connectivity index (χ1v) is 11.3. The Morgan fingerprint density at radius 3 is 2.37 bits per heavy atom. The number of carbonyl (C=O) groups excluding carboxylic acids is 3. The number of nitrogens with zero attached hydrogens (tertiary/aromatic N) is 1. The monoisotopic (exact) mass is 496 g/mol. The molecule has 2 amide bonds. The zero-order chi connectivity index (χ0) is 25.5. The first-order chi connectivity index (χ1) is 16.7. The van der Waals surface area contributed by atoms with E-state index in [0.29, 0.717) is 29.2 Å². The van der Waals surface area contributed by atoms with Gasteiger partial charge in [-0.15, -0.1) is 0 Å². The van der Waals surface area contributed by atoms with E-state index in [1.807, 2.05) is 37.3 Å². The van der Waals surface area contributed by atoms with Crippen LogP contribution in [0.4, 0.5) is 11.4 Å². The van der Waals surface area contributed by atoms with Gasteiger partial charge in [-0.05, 0) is 68.8 Å². The normalized spacial score (nSPS) is 10.4. The van der Waals surface area contributed by atoms with Crippen LogP contribution in [0.5, 0.6) is 17.2 Å². The predicted molar refractivity (Wildman–Crippen MR) is 133 cm³/mol. The molecule has 0 saturated carbocycles. The Bertz CT molecular complexity index is 1220. The summed E-state index contributed by atoms with van der Waals surface area (Å²) in [7, 11) is 0. The molecule has 8 nitrogen and oxygen atoms in total. The fourth-order valence-corrected chi connectivity index (χ4v) is 3.68. The lowest BCUT2D eigenvalue weighted by molar-refractivity contribution is -0.152. The molecule has 35 heavy (non-hydrogen) atoms. The van der Waals surface area contributed by atoms with Crippen LogP contribution in [-0.2, 0) is 14.3 Å². The number of esters is 1. The summed E-state index contributed by atoms with van der Waals surface area (Å²) in [5, 5.41) is 13.0. The molecule has 2 N–H and O–H groups in total. The van der Waals surface area contributed by atoms with Crippen molar-refractivity contribution in [2.75, 3.05) is 23.4 Å². The molecule has 0 radical (unpaired) electrons. The molecule has 0 fully saturated rings. The predicted octanol–water partition coefficient (Wildman–Crippen LogP) is 5.31. The Hall–Kier alpha value is -4.04. The van der Waals surface area contributed by atoms with Gasteiger partial charge in [0.2, 0.25) is 0 Å². The maximum atomic E-state index is 13.2. The van der Waals surface area contributed by atoms with Crippen molar-refractivity contribution in [3.63, 3.8) is 0 Å². The van der Waals surface area contributed by atoms with Gasteiger partial charge in [-0.2, -0.15) is 0 Å². The average Bonchev–Trinajstić information content (AvgIpc) is 2.83. The second kappa shape index (κ2) is 11.4. The van der Waals surface area contributed by atoms with E-state index >= 15 is 0 Å². The van der Waals surface area contributed by atoms with Crippen molar-refractivity contribution >= 4 is 40.8 Å². The summed E-state index contributed by atoms with van der Waals surface area (Å²) in [6.45, 7) is 5.63. The van der Waals surface area contributed by atoms with E-state index in [1.54, 1.807) is 19.9 Å². The third-order valence-corrected chi connectivity index (χ3v) is 5.28. The van der Waals surface area contributed by atoms with Crippen molar-refractivity contribution in [2.45, 2.75) is 20.8 Å². The molecule has 0 spiro atoms. The smallest absolute Gasteiger partial charge is 0.397 e. The number of benzene rings is 3. The Labute approximate surface area is 208 Å². The number of phenols is 1. The minimum Gasteiger partial charge on any atom is -0.507 e. The van der Waals surface area contributed by atoms with E-state index in [2.05, 4.69) is 10.1 Å². The van der Waals surface area contributed by atoms with Crippen molar-refractivity contribution < 1.29 is 29.0 Å². The third kappa shape index (κ3) is 6.10. The van der Waals surface area contributed by atoms with Crippen LogP contribution in [0.2, 0.25) is 5.02 Å². The van der Waals surface area contributed by atoms with Gasteiger partial charge in [0.1, 0.15) is 17.2 Å². The molecular weight excluding hydrogens is 472 g/mol. The highest BCUT2D eigenvalue weighted by molar-refractivity contribution is 6.37. The second-order valence-corrected chi connectivity index (χ2v) is 7.85. The first-order valence-electron chi connectivity index (χ1n) is 10.9. The summed E-state index contributed by atoms with van der Waals surface area (Å²) < 4.78 is 10.6. The van der Waals surface area contributed by atoms with Crippen LogP contribution in [0, 0.1) is 6.92 Å². The molecule has 3 rings (SSSR count). The third-order valence-electron chi connectivity index (χ3n) is 5.00. The lowest BCUT2D eigenvalue weighted by atomic mass is 10.1. The molecule has 9 heteroatoms. The number of aryl methyl sites for hydroxylation is 1. The van der Waals surface area contributed by atoms with Crippen LogP contribution in [0.25, 0.3) is 0 Å². The number of hydrogen-bond acceptors (Lipinski definition) is 6. The number of phenolic OH excluding ortho intramolecular Hbond substituents is 1. The van der Waals surface area contributed by atoms with Crippen LogP contribution in [0.3, 0.4) is 0 Å². The Morgan fingerprint density at radius 1 is 1.03 bits per heavy atom. The highest BCUT2D eigenvalue weighted by Crippen LogP contribution is 2.37. The number of carbonyl (C=O) groups is 3. The number of aromatic hydroxyl groups is 1. The van der Waals surface area contributed by atoms with Gasteiger partial charge in [0, 0.05) is 17.9 Å². The van der Waals surface area contributed by atoms with E-state index < -0.39 is 11.9 Å². The van der Waals surface area contributed by atoms with E-state index in [9.17, 15) is 19.5 Å². The van der Waals surface area contributed by atoms with Gasteiger partial charge in [-0.25, -0.2) is 4.79 Å². The zero-order valence-corrected chi connectivity index (χ0v) is 20.3. The maximum Gasteiger partial charge on any atom is 0.397 e. The van der Waals surface area contributed by atoms with Crippen molar-refractivity contribution in [2.24, 2.45) is 0 Å². The zero-order valence-electron chi connectivity index (χ0n) is 19.5. The molecule has 182 valence electrons. The number of nitrogens with one attached hydrogen (secondary N) is 1. The fourth-order valence-electron chi connectivity index (χ4n) is 3.38. The van der Waals surface area contributed by atoms with Crippen molar-refractivity contribution in [3.8, 4) is 17.2 Å². The van der Waals surface area contributed by atoms with Crippen molar-refractivity contribution in [1.29, 1.82) is 0 Å². The molecule has 0 aromatic heterocycles. The van der Waals surface area contributed by atoms with E-state index in [-0.39, 0.29) is 34.6 Å². The highest BCUT2D eigenvalue weighted by Gasteiger charge is 2.21. The standard InChI is InChI=1S/C26H25ClN2O6/c1-4-29(18-9-7-6-8-10-18)25(32)20-15-19(11-12-22(20)30)35-23-16(3)13-17(14-21(23)27)28-24(31)26(33)34-5-2/h6-15,30H,4-5H2,1-3H3,(H,28,31). The minimum absolute atomic E-state index is 0.0697. The fraction of sp³-hybridized carbons (Fsp3) is 0.192. The maximum absolute atomic E-state index is 13.2. The minimum atomic E-state index is -1.00. The molecule has 0 aliphatic heterocycles. The highest BCUT2D eigenvalue weighted by atomic mass is 35.5. The number of hydrogen-bond donors (Lipinski definition) is 2. The summed E-state index contributed by atoms with van der Waals surface area (Å²) in [5.41, 5.74) is 1.63. The number of ether oxygens (including phenoxy) is 2. The molecule has 0 heterocycles. The van der Waals surface area contributed by atoms with E-state index in [1.165, 1.54) is 29.2 Å². The van der Waals surface area contributed by atoms with Gasteiger partial charge in [-0.1, -0.05) is 29.8 Å². The lowest BCUT2D eigenvalue weighted by Crippen LogP contribution is -2.30. The molecule has 0 saturated heterocycles. The molecule has 0 atom stereocenters. The summed E-state index contributed by atoms with van der Waals surface area (Å²) in [4.78, 5) is 38.2. The average molecular weight is 497 g/mol. The van der Waals surface area contributed by atoms with Gasteiger partial charge in [0.15, 0.2) is 0 Å². The number of anilines is 2. The topological polar surface area (TPSA) is 105 Å². The molecule has 3 aromatic rings. The Kier molecular flexibility index (Phi) is 8.33. The summed E-state index contributed by atoms with van der Waals surface area (Å²) in [6.07, 6.45) is 0.